The van der Waals surface area contributed by atoms with Crippen molar-refractivity contribution in [3.05, 3.63) is 59.7 Å². The molecule has 0 heterocycles. The first-order chi connectivity index (χ1) is 9.69. The van der Waals surface area contributed by atoms with Crippen molar-refractivity contribution in [1.82, 2.24) is 0 Å². The van der Waals surface area contributed by atoms with E-state index >= 15 is 0 Å². The zero-order valence-electron chi connectivity index (χ0n) is 11.4. The van der Waals surface area contributed by atoms with E-state index in [0.717, 1.165) is 0 Å². The number of methoxy groups -OCH3 is 2. The average molecular weight is 272 g/mol. The predicted molar refractivity (Wildman–Crippen MR) is 75.3 cm³/mol. The SMILES string of the molecule is COc1ccccc1C(=O)[C@@H](O)c1ccccc1OC. The van der Waals surface area contributed by atoms with Gasteiger partial charge in [0.2, 0.25) is 0 Å². The Labute approximate surface area is 117 Å². The van der Waals surface area contributed by atoms with Gasteiger partial charge in [0, 0.05) is 5.56 Å². The summed E-state index contributed by atoms with van der Waals surface area (Å²) < 4.78 is 10.3. The summed E-state index contributed by atoms with van der Waals surface area (Å²) in [4.78, 5) is 12.4. The number of carbonyl (C=O) groups is 1. The Bertz CT molecular complexity index is 607. The van der Waals surface area contributed by atoms with Crippen LogP contribution in [0.25, 0.3) is 0 Å². The van der Waals surface area contributed by atoms with Crippen molar-refractivity contribution in [2.45, 2.75) is 6.10 Å². The lowest BCUT2D eigenvalue weighted by molar-refractivity contribution is 0.0739. The summed E-state index contributed by atoms with van der Waals surface area (Å²) in [5.74, 6) is 0.488. The van der Waals surface area contributed by atoms with Crippen LogP contribution >= 0.6 is 0 Å². The predicted octanol–water partition coefficient (Wildman–Crippen LogP) is 2.62. The number of benzene rings is 2. The van der Waals surface area contributed by atoms with Crippen LogP contribution in [0, 0.1) is 0 Å². The Balaban J connectivity index is 2.38. The number of ketones is 1. The third-order valence-electron chi connectivity index (χ3n) is 3.05. The minimum atomic E-state index is -1.29. The molecule has 0 aliphatic heterocycles. The lowest BCUT2D eigenvalue weighted by Gasteiger charge is -2.15. The molecule has 4 heteroatoms. The van der Waals surface area contributed by atoms with Gasteiger partial charge in [-0.1, -0.05) is 30.3 Å². The van der Waals surface area contributed by atoms with E-state index in [1.54, 1.807) is 48.5 Å². The number of hydrogen-bond acceptors (Lipinski definition) is 4. The second-order valence-electron chi connectivity index (χ2n) is 4.21. The molecule has 0 bridgehead atoms. The first-order valence-corrected chi connectivity index (χ1v) is 6.17. The van der Waals surface area contributed by atoms with Crippen LogP contribution in [-0.2, 0) is 0 Å². The lowest BCUT2D eigenvalue weighted by atomic mass is 9.98. The number of hydrogen-bond donors (Lipinski definition) is 1. The van der Waals surface area contributed by atoms with Crippen LogP contribution in [-0.4, -0.2) is 25.1 Å². The molecule has 0 aliphatic rings. The van der Waals surface area contributed by atoms with E-state index in [0.29, 0.717) is 22.6 Å². The summed E-state index contributed by atoms with van der Waals surface area (Å²) in [6.45, 7) is 0. The smallest absolute Gasteiger partial charge is 0.199 e. The maximum Gasteiger partial charge on any atom is 0.199 e. The summed E-state index contributed by atoms with van der Waals surface area (Å²) in [5.41, 5.74) is 0.777. The second-order valence-corrected chi connectivity index (χ2v) is 4.21. The fourth-order valence-electron chi connectivity index (χ4n) is 2.03. The highest BCUT2D eigenvalue weighted by Crippen LogP contribution is 2.29. The molecule has 0 aromatic heterocycles. The topological polar surface area (TPSA) is 55.8 Å². The van der Waals surface area contributed by atoms with Crippen LogP contribution in [0.2, 0.25) is 0 Å². The molecule has 2 aromatic rings. The fraction of sp³-hybridized carbons (Fsp3) is 0.188. The number of aliphatic hydroxyl groups excluding tert-OH is 1. The van der Waals surface area contributed by atoms with E-state index in [4.69, 9.17) is 9.47 Å². The number of carbonyl (C=O) groups excluding carboxylic acids is 1. The van der Waals surface area contributed by atoms with Crippen molar-refractivity contribution in [1.29, 1.82) is 0 Å². The normalized spacial score (nSPS) is 11.8. The van der Waals surface area contributed by atoms with Crippen LogP contribution in [0.3, 0.4) is 0 Å². The highest BCUT2D eigenvalue weighted by molar-refractivity contribution is 6.02. The van der Waals surface area contributed by atoms with Gasteiger partial charge in [-0.2, -0.15) is 0 Å². The van der Waals surface area contributed by atoms with Crippen molar-refractivity contribution in [3.63, 3.8) is 0 Å². The van der Waals surface area contributed by atoms with Crippen LogP contribution < -0.4 is 9.47 Å². The molecule has 0 unspecified atom stereocenters. The Morgan fingerprint density at radius 3 is 2.15 bits per heavy atom. The van der Waals surface area contributed by atoms with E-state index in [1.165, 1.54) is 14.2 Å². The molecular weight excluding hydrogens is 256 g/mol. The van der Waals surface area contributed by atoms with Gasteiger partial charge in [0.1, 0.15) is 17.6 Å². The highest BCUT2D eigenvalue weighted by Gasteiger charge is 2.24. The first kappa shape index (κ1) is 14.1. The summed E-state index contributed by atoms with van der Waals surface area (Å²) in [6, 6.07) is 13.7. The maximum absolute atomic E-state index is 12.4. The van der Waals surface area contributed by atoms with Crippen molar-refractivity contribution >= 4 is 5.78 Å². The first-order valence-electron chi connectivity index (χ1n) is 6.17. The number of Topliss-reactive ketones (excluding diaryl/α,β-unsaturated/α-hetero) is 1. The third kappa shape index (κ3) is 2.65. The molecule has 0 fully saturated rings. The summed E-state index contributed by atoms with van der Waals surface area (Å²) in [7, 11) is 2.99. The van der Waals surface area contributed by atoms with Gasteiger partial charge in [0.25, 0.3) is 0 Å². The van der Waals surface area contributed by atoms with Gasteiger partial charge < -0.3 is 14.6 Å². The van der Waals surface area contributed by atoms with Crippen LogP contribution in [0.1, 0.15) is 22.0 Å². The van der Waals surface area contributed by atoms with E-state index in [9.17, 15) is 9.90 Å². The minimum Gasteiger partial charge on any atom is -0.496 e. The van der Waals surface area contributed by atoms with Crippen molar-refractivity contribution in [2.24, 2.45) is 0 Å². The van der Waals surface area contributed by atoms with Crippen LogP contribution in [0.15, 0.2) is 48.5 Å². The van der Waals surface area contributed by atoms with Crippen LogP contribution in [0.5, 0.6) is 11.5 Å². The van der Waals surface area contributed by atoms with Crippen LogP contribution in [0.4, 0.5) is 0 Å². The number of aliphatic hydroxyl groups is 1. The third-order valence-corrected chi connectivity index (χ3v) is 3.05. The number of rotatable bonds is 5. The van der Waals surface area contributed by atoms with Gasteiger partial charge in [-0.05, 0) is 18.2 Å². The largest absolute Gasteiger partial charge is 0.496 e. The fourth-order valence-corrected chi connectivity index (χ4v) is 2.03. The molecule has 0 spiro atoms. The molecule has 0 saturated heterocycles. The van der Waals surface area contributed by atoms with Gasteiger partial charge in [-0.25, -0.2) is 0 Å². The monoisotopic (exact) mass is 272 g/mol. The van der Waals surface area contributed by atoms with Gasteiger partial charge in [-0.3, -0.25) is 4.79 Å². The van der Waals surface area contributed by atoms with Crippen molar-refractivity contribution in [3.8, 4) is 11.5 Å². The van der Waals surface area contributed by atoms with Gasteiger partial charge in [0.05, 0.1) is 19.8 Å². The minimum absolute atomic E-state index is 0.341. The molecule has 0 saturated carbocycles. The average Bonchev–Trinajstić information content (AvgIpc) is 2.53. The molecule has 4 nitrogen and oxygen atoms in total. The molecule has 0 amide bonds. The van der Waals surface area contributed by atoms with E-state index in [2.05, 4.69) is 0 Å². The summed E-state index contributed by atoms with van der Waals surface area (Å²) >= 11 is 0. The van der Waals surface area contributed by atoms with E-state index in [1.807, 2.05) is 0 Å². The number of para-hydroxylation sites is 2. The molecule has 104 valence electrons. The molecule has 0 aliphatic carbocycles. The summed E-state index contributed by atoms with van der Waals surface area (Å²) in [5, 5.41) is 10.3. The Morgan fingerprint density at radius 1 is 0.950 bits per heavy atom. The van der Waals surface area contributed by atoms with Crippen molar-refractivity contribution < 1.29 is 19.4 Å². The van der Waals surface area contributed by atoms with E-state index < -0.39 is 11.9 Å². The molecule has 2 rings (SSSR count). The Hall–Kier alpha value is -2.33. The molecule has 1 N–H and O–H groups in total. The van der Waals surface area contributed by atoms with Gasteiger partial charge in [-0.15, -0.1) is 0 Å². The second kappa shape index (κ2) is 6.21. The maximum atomic E-state index is 12.4. The standard InChI is InChI=1S/C16H16O4/c1-19-13-9-5-3-7-11(13)15(17)16(18)12-8-4-6-10-14(12)20-2/h3-10,15,17H,1-2H3/t15-/m0/s1. The zero-order chi connectivity index (χ0) is 14.5. The molecular formula is C16H16O4. The van der Waals surface area contributed by atoms with Gasteiger partial charge >= 0.3 is 0 Å². The number of ether oxygens (including phenoxy) is 2. The highest BCUT2D eigenvalue weighted by atomic mass is 16.5. The molecule has 0 radical (unpaired) electrons. The summed E-state index contributed by atoms with van der Waals surface area (Å²) in [6.07, 6.45) is -1.29. The zero-order valence-corrected chi connectivity index (χ0v) is 11.4. The molecule has 1 atom stereocenters. The Morgan fingerprint density at radius 2 is 1.50 bits per heavy atom. The quantitative estimate of drug-likeness (QED) is 0.850. The molecule has 20 heavy (non-hydrogen) atoms. The Kier molecular flexibility index (Phi) is 4.38. The molecule has 2 aromatic carbocycles. The van der Waals surface area contributed by atoms with Gasteiger partial charge in [0.15, 0.2) is 5.78 Å². The van der Waals surface area contributed by atoms with Crippen molar-refractivity contribution in [2.75, 3.05) is 14.2 Å². The van der Waals surface area contributed by atoms with E-state index in [-0.39, 0.29) is 0 Å². The lowest BCUT2D eigenvalue weighted by Crippen LogP contribution is -2.14.